The van der Waals surface area contributed by atoms with Crippen molar-refractivity contribution in [1.82, 2.24) is 5.32 Å². The quantitative estimate of drug-likeness (QED) is 0.354. The fourth-order valence-corrected chi connectivity index (χ4v) is 3.11. The van der Waals surface area contributed by atoms with Crippen molar-refractivity contribution in [1.29, 1.82) is 5.41 Å². The van der Waals surface area contributed by atoms with Gasteiger partial charge in [-0.2, -0.15) is 0 Å². The largest absolute Gasteiger partial charge is 0.483 e. The minimum Gasteiger partial charge on any atom is -0.483 e. The Balaban J connectivity index is 1.48. The molecule has 0 bridgehead atoms. The Labute approximate surface area is 156 Å². The number of hydrogen-bond acceptors (Lipinski definition) is 5. The molecular weight excluding hydrogens is 342 g/mol. The Morgan fingerprint density at radius 2 is 1.63 bits per heavy atom. The Kier molecular flexibility index (Phi) is 4.04. The first-order chi connectivity index (χ1) is 13.1. The number of anilines is 2. The highest BCUT2D eigenvalue weighted by molar-refractivity contribution is 6.01. The van der Waals surface area contributed by atoms with E-state index in [-0.39, 0.29) is 12.4 Å². The molecule has 0 saturated heterocycles. The maximum atomic E-state index is 12.5. The molecule has 1 aliphatic rings. The van der Waals surface area contributed by atoms with E-state index in [0.717, 1.165) is 22.1 Å². The van der Waals surface area contributed by atoms with Crippen LogP contribution in [0.4, 0.5) is 11.4 Å². The molecule has 0 fully saturated rings. The molecule has 0 spiro atoms. The van der Waals surface area contributed by atoms with Crippen LogP contribution in [0.5, 0.6) is 5.75 Å². The van der Waals surface area contributed by atoms with Gasteiger partial charge in [0.05, 0.1) is 11.4 Å². The molecule has 136 valence electrons. The van der Waals surface area contributed by atoms with Gasteiger partial charge in [-0.25, -0.2) is 0 Å². The SMILES string of the molecule is N=C(N)C1(NC(=O)COc2cccc3ccccc23)Nc2ccccc2N1. The van der Waals surface area contributed by atoms with Crippen LogP contribution in [0.1, 0.15) is 0 Å². The smallest absolute Gasteiger partial charge is 0.261 e. The lowest BCUT2D eigenvalue weighted by molar-refractivity contribution is -0.123. The minimum atomic E-state index is -1.37. The highest BCUT2D eigenvalue weighted by Crippen LogP contribution is 2.32. The number of nitrogens with two attached hydrogens (primary N) is 1. The maximum absolute atomic E-state index is 12.5. The Bertz CT molecular complexity index is 1000. The molecule has 1 aliphatic heterocycles. The number of nitrogens with one attached hydrogen (secondary N) is 4. The van der Waals surface area contributed by atoms with E-state index in [1.54, 1.807) is 0 Å². The van der Waals surface area contributed by atoms with Gasteiger partial charge in [0.25, 0.3) is 5.91 Å². The molecule has 0 saturated carbocycles. The standard InChI is InChI=1S/C20H19N5O2/c21-19(22)20(23-15-9-3-4-10-16(15)24-20)25-18(26)12-27-17-11-5-7-13-6-1-2-8-14(13)17/h1-11,23-24H,12H2,(H3,21,22)(H,25,26). The molecule has 0 aromatic heterocycles. The van der Waals surface area contributed by atoms with Crippen molar-refractivity contribution >= 4 is 33.9 Å². The van der Waals surface area contributed by atoms with E-state index in [2.05, 4.69) is 16.0 Å². The number of amides is 1. The van der Waals surface area contributed by atoms with E-state index in [1.165, 1.54) is 0 Å². The van der Waals surface area contributed by atoms with Crippen LogP contribution in [0.2, 0.25) is 0 Å². The molecule has 0 radical (unpaired) electrons. The number of carbonyl (C=O) groups excluding carboxylic acids is 1. The summed E-state index contributed by atoms with van der Waals surface area (Å²) in [5, 5.41) is 18.7. The summed E-state index contributed by atoms with van der Waals surface area (Å²) in [6.07, 6.45) is 0. The van der Waals surface area contributed by atoms with Gasteiger partial charge in [0.1, 0.15) is 5.75 Å². The summed E-state index contributed by atoms with van der Waals surface area (Å²) < 4.78 is 5.71. The minimum absolute atomic E-state index is 0.206. The highest BCUT2D eigenvalue weighted by atomic mass is 16.5. The Morgan fingerprint density at radius 3 is 2.33 bits per heavy atom. The van der Waals surface area contributed by atoms with Gasteiger partial charge in [-0.05, 0) is 23.6 Å². The van der Waals surface area contributed by atoms with Crippen LogP contribution in [0.15, 0.2) is 66.7 Å². The summed E-state index contributed by atoms with van der Waals surface area (Å²) in [5.74, 6) is -1.41. The van der Waals surface area contributed by atoms with Crippen molar-refractivity contribution < 1.29 is 9.53 Å². The van der Waals surface area contributed by atoms with Crippen molar-refractivity contribution in [2.24, 2.45) is 5.73 Å². The van der Waals surface area contributed by atoms with Gasteiger partial charge >= 0.3 is 0 Å². The summed E-state index contributed by atoms with van der Waals surface area (Å²) in [4.78, 5) is 12.5. The number of benzene rings is 3. The topological polar surface area (TPSA) is 112 Å². The number of fused-ring (bicyclic) bond motifs is 2. The van der Waals surface area contributed by atoms with Gasteiger partial charge in [-0.15, -0.1) is 0 Å². The van der Waals surface area contributed by atoms with Crippen LogP contribution in [-0.2, 0) is 4.79 Å². The predicted octanol–water partition coefficient (Wildman–Crippen LogP) is 2.46. The van der Waals surface area contributed by atoms with Crippen LogP contribution >= 0.6 is 0 Å². The first-order valence-corrected chi connectivity index (χ1v) is 8.49. The van der Waals surface area contributed by atoms with Crippen molar-refractivity contribution in [3.05, 3.63) is 66.7 Å². The second-order valence-corrected chi connectivity index (χ2v) is 6.27. The zero-order valence-electron chi connectivity index (χ0n) is 14.5. The Hall–Kier alpha value is -3.74. The maximum Gasteiger partial charge on any atom is 0.261 e. The third-order valence-corrected chi connectivity index (χ3v) is 4.41. The van der Waals surface area contributed by atoms with Gasteiger partial charge in [0.15, 0.2) is 12.4 Å². The lowest BCUT2D eigenvalue weighted by Gasteiger charge is -2.30. The molecule has 3 aromatic rings. The summed E-state index contributed by atoms with van der Waals surface area (Å²) in [6, 6.07) is 20.9. The van der Waals surface area contributed by atoms with Gasteiger partial charge in [0, 0.05) is 5.39 Å². The first-order valence-electron chi connectivity index (χ1n) is 8.49. The van der Waals surface area contributed by atoms with E-state index in [1.807, 2.05) is 66.7 Å². The second kappa shape index (κ2) is 6.53. The molecular formula is C20H19N5O2. The van der Waals surface area contributed by atoms with Crippen molar-refractivity contribution in [3.63, 3.8) is 0 Å². The lowest BCUT2D eigenvalue weighted by atomic mass is 10.1. The highest BCUT2D eigenvalue weighted by Gasteiger charge is 2.41. The Morgan fingerprint density at radius 1 is 1.00 bits per heavy atom. The normalized spacial score (nSPS) is 13.9. The molecule has 7 nitrogen and oxygen atoms in total. The number of rotatable bonds is 5. The van der Waals surface area contributed by atoms with Crippen LogP contribution in [0, 0.1) is 5.41 Å². The monoisotopic (exact) mass is 361 g/mol. The van der Waals surface area contributed by atoms with Crippen LogP contribution in [-0.4, -0.2) is 24.1 Å². The van der Waals surface area contributed by atoms with E-state index >= 15 is 0 Å². The van der Waals surface area contributed by atoms with E-state index in [0.29, 0.717) is 5.75 Å². The zero-order valence-corrected chi connectivity index (χ0v) is 14.5. The summed E-state index contributed by atoms with van der Waals surface area (Å²) in [6.45, 7) is -0.206. The van der Waals surface area contributed by atoms with Gasteiger partial charge in [-0.1, -0.05) is 48.5 Å². The zero-order chi connectivity index (χ0) is 18.9. The van der Waals surface area contributed by atoms with Crippen molar-refractivity contribution in [2.45, 2.75) is 5.79 Å². The summed E-state index contributed by atoms with van der Waals surface area (Å²) in [5.41, 5.74) is 7.25. The average molecular weight is 361 g/mol. The van der Waals surface area contributed by atoms with Gasteiger partial charge < -0.3 is 26.4 Å². The fraction of sp³-hybridized carbons (Fsp3) is 0.100. The molecule has 27 heavy (non-hydrogen) atoms. The van der Waals surface area contributed by atoms with Crippen molar-refractivity contribution in [2.75, 3.05) is 17.2 Å². The predicted molar refractivity (Wildman–Crippen MR) is 106 cm³/mol. The second-order valence-electron chi connectivity index (χ2n) is 6.27. The number of carbonyl (C=O) groups is 1. The number of para-hydroxylation sites is 2. The lowest BCUT2D eigenvalue weighted by Crippen LogP contribution is -2.65. The molecule has 0 aliphatic carbocycles. The first kappa shape index (κ1) is 16.7. The molecule has 3 aromatic carbocycles. The number of amidine groups is 1. The van der Waals surface area contributed by atoms with Gasteiger partial charge in [-0.3, -0.25) is 10.2 Å². The third kappa shape index (κ3) is 3.10. The molecule has 4 rings (SSSR count). The van der Waals surface area contributed by atoms with Crippen LogP contribution in [0.25, 0.3) is 10.8 Å². The summed E-state index contributed by atoms with van der Waals surface area (Å²) >= 11 is 0. The molecule has 7 heteroatoms. The number of ether oxygens (including phenoxy) is 1. The molecule has 0 unspecified atom stereocenters. The summed E-state index contributed by atoms with van der Waals surface area (Å²) in [7, 11) is 0. The van der Waals surface area contributed by atoms with E-state index < -0.39 is 11.7 Å². The number of hydrogen-bond donors (Lipinski definition) is 5. The van der Waals surface area contributed by atoms with E-state index in [9.17, 15) is 4.79 Å². The molecule has 1 amide bonds. The van der Waals surface area contributed by atoms with Crippen molar-refractivity contribution in [3.8, 4) is 5.75 Å². The van der Waals surface area contributed by atoms with E-state index in [4.69, 9.17) is 15.9 Å². The van der Waals surface area contributed by atoms with Crippen LogP contribution < -0.4 is 26.4 Å². The molecule has 0 atom stereocenters. The fourth-order valence-electron chi connectivity index (χ4n) is 3.11. The van der Waals surface area contributed by atoms with Gasteiger partial charge in [0.2, 0.25) is 5.79 Å². The molecule has 6 N–H and O–H groups in total. The third-order valence-electron chi connectivity index (χ3n) is 4.41. The average Bonchev–Trinajstić information content (AvgIpc) is 3.05. The van der Waals surface area contributed by atoms with Crippen LogP contribution in [0.3, 0.4) is 0 Å². The molecule has 1 heterocycles.